The van der Waals surface area contributed by atoms with Gasteiger partial charge in [0.1, 0.15) is 18.3 Å². The van der Waals surface area contributed by atoms with Crippen LogP contribution in [0.15, 0.2) is 65.6 Å². The van der Waals surface area contributed by atoms with E-state index in [-0.39, 0.29) is 33.6 Å². The van der Waals surface area contributed by atoms with E-state index >= 15 is 0 Å². The summed E-state index contributed by atoms with van der Waals surface area (Å²) in [6.07, 6.45) is 0.284. The van der Waals surface area contributed by atoms with Gasteiger partial charge in [-0.05, 0) is 61.4 Å². The van der Waals surface area contributed by atoms with Gasteiger partial charge >= 0.3 is 0 Å². The van der Waals surface area contributed by atoms with Crippen molar-refractivity contribution in [3.05, 3.63) is 86.9 Å². The number of aryl methyl sites for hydroxylation is 1. The van der Waals surface area contributed by atoms with E-state index < -0.39 is 34.4 Å². The highest BCUT2D eigenvalue weighted by Crippen LogP contribution is 2.32. The average Bonchev–Trinajstić information content (AvgIpc) is 2.93. The van der Waals surface area contributed by atoms with Crippen molar-refractivity contribution in [2.24, 2.45) is 0 Å². The van der Waals surface area contributed by atoms with Gasteiger partial charge in [-0.3, -0.25) is 13.9 Å². The maximum Gasteiger partial charge on any atom is 0.264 e. The van der Waals surface area contributed by atoms with Crippen LogP contribution in [0, 0.1) is 6.92 Å². The molecule has 1 unspecified atom stereocenters. The number of sulfonamides is 1. The summed E-state index contributed by atoms with van der Waals surface area (Å²) >= 11 is 18.6. The summed E-state index contributed by atoms with van der Waals surface area (Å²) in [6, 6.07) is 14.7. The van der Waals surface area contributed by atoms with E-state index in [0.717, 1.165) is 9.87 Å². The first-order valence-corrected chi connectivity index (χ1v) is 14.9. The molecule has 0 bridgehead atoms. The lowest BCUT2D eigenvalue weighted by Crippen LogP contribution is -2.51. The first-order valence-electron chi connectivity index (χ1n) is 12.3. The molecule has 0 heterocycles. The molecule has 0 spiro atoms. The summed E-state index contributed by atoms with van der Waals surface area (Å²) in [5.41, 5.74) is 1.64. The molecule has 2 amide bonds. The SMILES string of the molecule is CCC(C(=O)NC)N(Cc1ccc(Cl)c(Cl)c1)C(=O)CN(c1ccc(OC)c(Cl)c1)S(=O)(=O)c1ccc(C)cc1. The minimum absolute atomic E-state index is 0.00721. The number of hydrogen-bond acceptors (Lipinski definition) is 5. The first kappa shape index (κ1) is 31.5. The van der Waals surface area contributed by atoms with Crippen molar-refractivity contribution in [2.45, 2.75) is 37.8 Å². The molecule has 214 valence electrons. The van der Waals surface area contributed by atoms with Crippen molar-refractivity contribution in [1.82, 2.24) is 10.2 Å². The fraction of sp³-hybridized carbons (Fsp3) is 0.286. The second-order valence-electron chi connectivity index (χ2n) is 8.95. The molecular weight excluding hydrogens is 597 g/mol. The summed E-state index contributed by atoms with van der Waals surface area (Å²) in [4.78, 5) is 28.1. The number of amides is 2. The van der Waals surface area contributed by atoms with Gasteiger partial charge in [0, 0.05) is 13.6 Å². The van der Waals surface area contributed by atoms with E-state index in [4.69, 9.17) is 39.5 Å². The summed E-state index contributed by atoms with van der Waals surface area (Å²) < 4.78 is 34.0. The van der Waals surface area contributed by atoms with Crippen LogP contribution in [-0.4, -0.2) is 51.9 Å². The van der Waals surface area contributed by atoms with Crippen LogP contribution in [0.5, 0.6) is 5.75 Å². The number of methoxy groups -OCH3 is 1. The van der Waals surface area contributed by atoms with E-state index in [0.29, 0.717) is 16.3 Å². The fourth-order valence-electron chi connectivity index (χ4n) is 4.10. The third-order valence-corrected chi connectivity index (χ3v) is 9.10. The second kappa shape index (κ2) is 13.6. The number of likely N-dealkylation sites (N-methyl/N-ethyl adjacent to an activating group) is 1. The minimum Gasteiger partial charge on any atom is -0.495 e. The molecule has 40 heavy (non-hydrogen) atoms. The topological polar surface area (TPSA) is 96.0 Å². The molecular formula is C28H30Cl3N3O5S. The van der Waals surface area contributed by atoms with Gasteiger partial charge in [0.15, 0.2) is 0 Å². The lowest BCUT2D eigenvalue weighted by Gasteiger charge is -2.33. The van der Waals surface area contributed by atoms with E-state index in [2.05, 4.69) is 5.32 Å². The number of halogens is 3. The van der Waals surface area contributed by atoms with Crippen molar-refractivity contribution in [1.29, 1.82) is 0 Å². The van der Waals surface area contributed by atoms with Crippen molar-refractivity contribution in [3.8, 4) is 5.75 Å². The standard InChI is InChI=1S/C28H30Cl3N3O5S/c1-5-25(28(36)32-3)33(16-19-8-12-22(29)23(30)14-19)27(35)17-34(20-9-13-26(39-4)24(31)15-20)40(37,38)21-10-6-18(2)7-11-21/h6-15,25H,5,16-17H2,1-4H3,(H,32,36). The molecule has 0 saturated heterocycles. The average molecular weight is 627 g/mol. The predicted molar refractivity (Wildman–Crippen MR) is 159 cm³/mol. The van der Waals surface area contributed by atoms with Crippen molar-refractivity contribution in [3.63, 3.8) is 0 Å². The number of nitrogens with one attached hydrogen (secondary N) is 1. The van der Waals surface area contributed by atoms with Crippen molar-refractivity contribution in [2.75, 3.05) is 25.0 Å². The van der Waals surface area contributed by atoms with Gasteiger partial charge in [-0.25, -0.2) is 8.42 Å². The maximum absolute atomic E-state index is 14.0. The fourth-order valence-corrected chi connectivity index (χ4v) is 6.08. The largest absolute Gasteiger partial charge is 0.495 e. The monoisotopic (exact) mass is 625 g/mol. The van der Waals surface area contributed by atoms with Crippen molar-refractivity contribution >= 4 is 62.3 Å². The second-order valence-corrected chi connectivity index (χ2v) is 12.0. The molecule has 8 nitrogen and oxygen atoms in total. The minimum atomic E-state index is -4.23. The zero-order chi connectivity index (χ0) is 29.6. The van der Waals surface area contributed by atoms with Crippen molar-refractivity contribution < 1.29 is 22.7 Å². The lowest BCUT2D eigenvalue weighted by molar-refractivity contribution is -0.140. The number of rotatable bonds is 11. The Kier molecular flexibility index (Phi) is 10.7. The first-order chi connectivity index (χ1) is 18.9. The Morgan fingerprint density at radius 3 is 2.17 bits per heavy atom. The highest BCUT2D eigenvalue weighted by Gasteiger charge is 2.33. The molecule has 0 fully saturated rings. The number of anilines is 1. The predicted octanol–water partition coefficient (Wildman–Crippen LogP) is 5.71. The van der Waals surface area contributed by atoms with Gasteiger partial charge in [-0.1, -0.05) is 65.5 Å². The van der Waals surface area contributed by atoms with Crippen LogP contribution < -0.4 is 14.4 Å². The van der Waals surface area contributed by atoms with E-state index in [1.807, 2.05) is 6.92 Å². The molecule has 1 atom stereocenters. The molecule has 3 aromatic carbocycles. The van der Waals surface area contributed by atoms with Crippen LogP contribution in [0.4, 0.5) is 5.69 Å². The molecule has 1 N–H and O–H groups in total. The van der Waals surface area contributed by atoms with Crippen LogP contribution in [0.3, 0.4) is 0 Å². The number of carbonyl (C=O) groups is 2. The lowest BCUT2D eigenvalue weighted by atomic mass is 10.1. The van der Waals surface area contributed by atoms with Gasteiger partial charge in [-0.2, -0.15) is 0 Å². The van der Waals surface area contributed by atoms with Crippen LogP contribution in [-0.2, 0) is 26.2 Å². The van der Waals surface area contributed by atoms with Gasteiger partial charge in [-0.15, -0.1) is 0 Å². The van der Waals surface area contributed by atoms with Crippen LogP contribution in [0.2, 0.25) is 15.1 Å². The Morgan fingerprint density at radius 2 is 1.62 bits per heavy atom. The zero-order valence-corrected chi connectivity index (χ0v) is 25.5. The third kappa shape index (κ3) is 7.20. The Morgan fingerprint density at radius 1 is 0.950 bits per heavy atom. The van der Waals surface area contributed by atoms with Gasteiger partial charge in [0.05, 0.1) is 32.8 Å². The molecule has 0 saturated carbocycles. The molecule has 12 heteroatoms. The summed E-state index contributed by atoms with van der Waals surface area (Å²) in [7, 11) is -1.32. The molecule has 0 radical (unpaired) electrons. The Balaban J connectivity index is 2.10. The highest BCUT2D eigenvalue weighted by atomic mass is 35.5. The normalized spacial score (nSPS) is 12.0. The molecule has 0 aromatic heterocycles. The van der Waals surface area contributed by atoms with Gasteiger partial charge in [0.2, 0.25) is 11.8 Å². The smallest absolute Gasteiger partial charge is 0.264 e. The Bertz CT molecular complexity index is 1480. The molecule has 0 aliphatic rings. The number of benzene rings is 3. The van der Waals surface area contributed by atoms with E-state index in [1.165, 1.54) is 49.4 Å². The Hall–Kier alpha value is -2.98. The molecule has 0 aliphatic carbocycles. The maximum atomic E-state index is 14.0. The van der Waals surface area contributed by atoms with Crippen LogP contribution in [0.1, 0.15) is 24.5 Å². The number of hydrogen-bond donors (Lipinski definition) is 1. The number of carbonyl (C=O) groups excluding carboxylic acids is 2. The summed E-state index contributed by atoms with van der Waals surface area (Å²) in [5.74, 6) is -0.656. The third-order valence-electron chi connectivity index (χ3n) is 6.28. The molecule has 3 aromatic rings. The van der Waals surface area contributed by atoms with Crippen LogP contribution in [0.25, 0.3) is 0 Å². The Labute approximate surface area is 249 Å². The number of nitrogens with zero attached hydrogens (tertiary/aromatic N) is 2. The quantitative estimate of drug-likeness (QED) is 0.294. The summed E-state index contributed by atoms with van der Waals surface area (Å²) in [5, 5.41) is 3.38. The van der Waals surface area contributed by atoms with Gasteiger partial charge < -0.3 is 15.0 Å². The molecule has 3 rings (SSSR count). The van der Waals surface area contributed by atoms with E-state index in [9.17, 15) is 18.0 Å². The van der Waals surface area contributed by atoms with Gasteiger partial charge in [0.25, 0.3) is 10.0 Å². The summed E-state index contributed by atoms with van der Waals surface area (Å²) in [6.45, 7) is 2.99. The van der Waals surface area contributed by atoms with E-state index in [1.54, 1.807) is 37.3 Å². The number of ether oxygens (including phenoxy) is 1. The molecule has 0 aliphatic heterocycles. The zero-order valence-electron chi connectivity index (χ0n) is 22.4. The van der Waals surface area contributed by atoms with Crippen LogP contribution >= 0.6 is 34.8 Å². The highest BCUT2D eigenvalue weighted by molar-refractivity contribution is 7.92.